The van der Waals surface area contributed by atoms with Gasteiger partial charge in [0.05, 0.1) is 17.9 Å². The minimum atomic E-state index is -0.539. The number of nitrogens with zero attached hydrogens (tertiary/aromatic N) is 1. The molecule has 0 spiro atoms. The van der Waals surface area contributed by atoms with Gasteiger partial charge >= 0.3 is 0 Å². The third-order valence-electron chi connectivity index (χ3n) is 4.02. The van der Waals surface area contributed by atoms with E-state index in [9.17, 15) is 9.18 Å². The summed E-state index contributed by atoms with van der Waals surface area (Å²) in [6.45, 7) is 0.935. The maximum atomic E-state index is 12.7. The van der Waals surface area contributed by atoms with Crippen LogP contribution in [0.25, 0.3) is 0 Å². The summed E-state index contributed by atoms with van der Waals surface area (Å²) in [6, 6.07) is 2.67. The van der Waals surface area contributed by atoms with E-state index < -0.39 is 5.95 Å². The monoisotopic (exact) mass is 249 g/mol. The van der Waals surface area contributed by atoms with Crippen LogP contribution in [-0.2, 0) is 4.79 Å². The Morgan fingerprint density at radius 1 is 1.44 bits per heavy atom. The highest BCUT2D eigenvalue weighted by Crippen LogP contribution is 2.37. The van der Waals surface area contributed by atoms with E-state index in [1.165, 1.54) is 31.2 Å². The van der Waals surface area contributed by atoms with E-state index in [4.69, 9.17) is 0 Å². The fourth-order valence-electron chi connectivity index (χ4n) is 3.14. The fraction of sp³-hybridized carbons (Fsp3) is 0.538. The minimum Gasteiger partial charge on any atom is -0.323 e. The van der Waals surface area contributed by atoms with Gasteiger partial charge in [-0.2, -0.15) is 4.39 Å². The first-order valence-electron chi connectivity index (χ1n) is 6.40. The number of nitrogens with one attached hydrogen (secondary N) is 2. The number of anilines is 1. The number of aromatic nitrogens is 1. The Kier molecular flexibility index (Phi) is 2.99. The second-order valence-corrected chi connectivity index (χ2v) is 5.10. The van der Waals surface area contributed by atoms with Crippen LogP contribution in [0.1, 0.15) is 19.3 Å². The van der Waals surface area contributed by atoms with Crippen molar-refractivity contribution in [2.24, 2.45) is 11.8 Å². The van der Waals surface area contributed by atoms with E-state index in [0.717, 1.165) is 13.0 Å². The van der Waals surface area contributed by atoms with Gasteiger partial charge in [0.25, 0.3) is 0 Å². The zero-order chi connectivity index (χ0) is 12.5. The molecule has 1 aromatic heterocycles. The highest BCUT2D eigenvalue weighted by atomic mass is 19.1. The van der Waals surface area contributed by atoms with E-state index in [1.54, 1.807) is 0 Å². The first-order valence-corrected chi connectivity index (χ1v) is 6.40. The lowest BCUT2D eigenvalue weighted by atomic mass is 9.93. The maximum Gasteiger partial charge on any atom is 0.241 e. The topological polar surface area (TPSA) is 54.0 Å². The molecule has 1 aliphatic heterocycles. The van der Waals surface area contributed by atoms with Crippen LogP contribution in [0.5, 0.6) is 0 Å². The first kappa shape index (κ1) is 11.6. The van der Waals surface area contributed by atoms with E-state index in [0.29, 0.717) is 17.5 Å². The second-order valence-electron chi connectivity index (χ2n) is 5.10. The van der Waals surface area contributed by atoms with E-state index in [-0.39, 0.29) is 11.9 Å². The predicted molar refractivity (Wildman–Crippen MR) is 65.4 cm³/mol. The van der Waals surface area contributed by atoms with E-state index in [1.807, 2.05) is 0 Å². The largest absolute Gasteiger partial charge is 0.323 e. The molecule has 3 unspecified atom stereocenters. The number of hydrogen-bond acceptors (Lipinski definition) is 3. The van der Waals surface area contributed by atoms with Gasteiger partial charge in [0.2, 0.25) is 11.9 Å². The van der Waals surface area contributed by atoms with Crippen LogP contribution in [0.2, 0.25) is 0 Å². The lowest BCUT2D eigenvalue weighted by Gasteiger charge is -2.17. The molecule has 3 atom stereocenters. The van der Waals surface area contributed by atoms with Crippen LogP contribution < -0.4 is 10.6 Å². The Morgan fingerprint density at radius 2 is 2.33 bits per heavy atom. The molecule has 1 amide bonds. The highest BCUT2D eigenvalue weighted by molar-refractivity contribution is 5.95. The van der Waals surface area contributed by atoms with Crippen molar-refractivity contribution in [1.82, 2.24) is 10.3 Å². The summed E-state index contributed by atoms with van der Waals surface area (Å²) in [5.74, 6) is 0.533. The summed E-state index contributed by atoms with van der Waals surface area (Å²) in [4.78, 5) is 15.7. The molecule has 0 aromatic carbocycles. The minimum absolute atomic E-state index is 0.0298. The number of halogens is 1. The standard InChI is InChI=1S/C13H16FN3O/c14-11-5-4-9(7-15-11)17-13(18)12-10-3-1-2-8(10)6-16-12/h4-5,7-8,10,12,16H,1-3,6H2,(H,17,18). The Balaban J connectivity index is 1.66. The van der Waals surface area contributed by atoms with Crippen molar-refractivity contribution >= 4 is 11.6 Å². The Hall–Kier alpha value is -1.49. The second kappa shape index (κ2) is 4.65. The molecule has 2 N–H and O–H groups in total. The van der Waals surface area contributed by atoms with Crippen LogP contribution in [0.4, 0.5) is 10.1 Å². The first-order chi connectivity index (χ1) is 8.74. The summed E-state index contributed by atoms with van der Waals surface area (Å²) < 4.78 is 12.7. The zero-order valence-corrected chi connectivity index (χ0v) is 10.0. The van der Waals surface area contributed by atoms with Crippen molar-refractivity contribution in [3.05, 3.63) is 24.3 Å². The lowest BCUT2D eigenvalue weighted by Crippen LogP contribution is -2.39. The molecule has 2 aliphatic rings. The van der Waals surface area contributed by atoms with Gasteiger partial charge in [0, 0.05) is 0 Å². The van der Waals surface area contributed by atoms with E-state index >= 15 is 0 Å². The van der Waals surface area contributed by atoms with Crippen molar-refractivity contribution in [1.29, 1.82) is 0 Å². The molecule has 0 bridgehead atoms. The predicted octanol–water partition coefficient (Wildman–Crippen LogP) is 1.55. The zero-order valence-electron chi connectivity index (χ0n) is 10.0. The summed E-state index contributed by atoms with van der Waals surface area (Å²) in [7, 11) is 0. The SMILES string of the molecule is O=C(Nc1ccc(F)nc1)C1NCC2CCCC21. The smallest absolute Gasteiger partial charge is 0.241 e. The molecule has 5 heteroatoms. The molecule has 4 nitrogen and oxygen atoms in total. The molecule has 2 fully saturated rings. The number of hydrogen-bond donors (Lipinski definition) is 2. The van der Waals surface area contributed by atoms with Crippen molar-refractivity contribution in [2.45, 2.75) is 25.3 Å². The lowest BCUT2D eigenvalue weighted by molar-refractivity contribution is -0.118. The molecule has 96 valence electrons. The van der Waals surface area contributed by atoms with E-state index in [2.05, 4.69) is 15.6 Å². The number of amides is 1. The number of carbonyl (C=O) groups excluding carboxylic acids is 1. The molecular formula is C13H16FN3O. The van der Waals surface area contributed by atoms with Crippen LogP contribution in [-0.4, -0.2) is 23.5 Å². The van der Waals surface area contributed by atoms with Gasteiger partial charge in [0.15, 0.2) is 0 Å². The van der Waals surface area contributed by atoms with Gasteiger partial charge in [-0.25, -0.2) is 4.98 Å². The van der Waals surface area contributed by atoms with Crippen LogP contribution >= 0.6 is 0 Å². The van der Waals surface area contributed by atoms with Gasteiger partial charge in [-0.1, -0.05) is 6.42 Å². The number of pyridine rings is 1. The highest BCUT2D eigenvalue weighted by Gasteiger charge is 2.42. The molecule has 2 heterocycles. The summed E-state index contributed by atoms with van der Waals surface area (Å²) in [5, 5.41) is 6.08. The summed E-state index contributed by atoms with van der Waals surface area (Å²) in [5.41, 5.74) is 0.546. The molecule has 1 saturated carbocycles. The van der Waals surface area contributed by atoms with Gasteiger partial charge in [-0.3, -0.25) is 4.79 Å². The quantitative estimate of drug-likeness (QED) is 0.782. The van der Waals surface area contributed by atoms with Crippen molar-refractivity contribution in [3.8, 4) is 0 Å². The van der Waals surface area contributed by atoms with Crippen molar-refractivity contribution in [2.75, 3.05) is 11.9 Å². The normalized spacial score (nSPS) is 30.2. The van der Waals surface area contributed by atoms with Crippen molar-refractivity contribution in [3.63, 3.8) is 0 Å². The third-order valence-corrected chi connectivity index (χ3v) is 4.02. The van der Waals surface area contributed by atoms with Crippen LogP contribution in [0.3, 0.4) is 0 Å². The van der Waals surface area contributed by atoms with Gasteiger partial charge < -0.3 is 10.6 Å². The molecule has 18 heavy (non-hydrogen) atoms. The third kappa shape index (κ3) is 2.10. The Labute approximate surface area is 105 Å². The molecule has 3 rings (SSSR count). The summed E-state index contributed by atoms with van der Waals surface area (Å²) >= 11 is 0. The Bertz CT molecular complexity index is 448. The Morgan fingerprint density at radius 3 is 3.11 bits per heavy atom. The molecule has 0 radical (unpaired) electrons. The average molecular weight is 249 g/mol. The van der Waals surface area contributed by atoms with Gasteiger partial charge in [-0.05, 0) is 43.4 Å². The number of carbonyl (C=O) groups is 1. The maximum absolute atomic E-state index is 12.7. The molecule has 1 saturated heterocycles. The molecule has 1 aliphatic carbocycles. The molecule has 1 aromatic rings. The summed E-state index contributed by atoms with van der Waals surface area (Å²) in [6.07, 6.45) is 4.91. The molecular weight excluding hydrogens is 233 g/mol. The van der Waals surface area contributed by atoms with Crippen molar-refractivity contribution < 1.29 is 9.18 Å². The fourth-order valence-corrected chi connectivity index (χ4v) is 3.14. The van der Waals surface area contributed by atoms with Crippen LogP contribution in [0, 0.1) is 17.8 Å². The number of rotatable bonds is 2. The average Bonchev–Trinajstić information content (AvgIpc) is 2.93. The van der Waals surface area contributed by atoms with Gasteiger partial charge in [0.1, 0.15) is 0 Å². The van der Waals surface area contributed by atoms with Gasteiger partial charge in [-0.15, -0.1) is 0 Å². The number of fused-ring (bicyclic) bond motifs is 1. The van der Waals surface area contributed by atoms with Crippen LogP contribution in [0.15, 0.2) is 18.3 Å².